The highest BCUT2D eigenvalue weighted by molar-refractivity contribution is 5.91. The maximum absolute atomic E-state index is 13.3. The van der Waals surface area contributed by atoms with Crippen molar-refractivity contribution in [2.24, 2.45) is 0 Å². The molecule has 2 aromatic heterocycles. The molecule has 2 aromatic carbocycles. The molecule has 2 heterocycles. The van der Waals surface area contributed by atoms with Crippen molar-refractivity contribution in [1.82, 2.24) is 25.1 Å². The minimum Gasteiger partial charge on any atom is -0.391 e. The van der Waals surface area contributed by atoms with Crippen molar-refractivity contribution in [3.8, 4) is 16.9 Å². The lowest BCUT2D eigenvalue weighted by atomic mass is 9.98. The van der Waals surface area contributed by atoms with E-state index in [2.05, 4.69) is 26.7 Å². The van der Waals surface area contributed by atoms with Crippen LogP contribution in [-0.2, 0) is 6.42 Å². The molecule has 0 radical (unpaired) electrons. The maximum Gasteiger partial charge on any atom is 0.320 e. The third kappa shape index (κ3) is 4.65. The zero-order valence-corrected chi connectivity index (χ0v) is 19.8. The summed E-state index contributed by atoms with van der Waals surface area (Å²) in [5.41, 5.74) is 5.16. The molecular weight excluding hydrogens is 440 g/mol. The molecule has 2 amide bonds. The Morgan fingerprint density at radius 2 is 1.74 bits per heavy atom. The minimum atomic E-state index is -0.662. The van der Waals surface area contributed by atoms with Gasteiger partial charge in [0.2, 0.25) is 0 Å². The summed E-state index contributed by atoms with van der Waals surface area (Å²) in [6.45, 7) is 3.74. The lowest BCUT2D eigenvalue weighted by molar-refractivity contribution is 0.123. The van der Waals surface area contributed by atoms with Crippen molar-refractivity contribution in [2.45, 2.75) is 45.3 Å². The van der Waals surface area contributed by atoms with Gasteiger partial charge in [0.15, 0.2) is 0 Å². The van der Waals surface area contributed by atoms with E-state index in [0.29, 0.717) is 23.8 Å². The molecule has 0 aliphatic heterocycles. The first kappa shape index (κ1) is 22.7. The van der Waals surface area contributed by atoms with E-state index in [-0.39, 0.29) is 0 Å². The number of aryl methyl sites for hydroxylation is 2. The van der Waals surface area contributed by atoms with Gasteiger partial charge in [0.25, 0.3) is 0 Å². The monoisotopic (exact) mass is 468 g/mol. The fraction of sp³-hybridized carbons (Fsp3) is 0.259. The molecule has 35 heavy (non-hydrogen) atoms. The number of carbonyl (C=O) groups excluding carboxylic acids is 1. The first-order valence-corrected chi connectivity index (χ1v) is 11.8. The van der Waals surface area contributed by atoms with Crippen molar-refractivity contribution in [3.05, 3.63) is 89.5 Å². The Morgan fingerprint density at radius 3 is 2.51 bits per heavy atom. The van der Waals surface area contributed by atoms with Crippen molar-refractivity contribution in [3.63, 3.8) is 0 Å². The summed E-state index contributed by atoms with van der Waals surface area (Å²) >= 11 is 0. The van der Waals surface area contributed by atoms with Gasteiger partial charge in [-0.25, -0.2) is 19.4 Å². The van der Waals surface area contributed by atoms with Gasteiger partial charge < -0.3 is 10.4 Å². The van der Waals surface area contributed by atoms with Gasteiger partial charge in [0.05, 0.1) is 17.8 Å². The van der Waals surface area contributed by atoms with Crippen molar-refractivity contribution < 1.29 is 9.90 Å². The number of carbonyl (C=O) groups is 1. The van der Waals surface area contributed by atoms with Crippen LogP contribution >= 0.6 is 0 Å². The zero-order valence-electron chi connectivity index (χ0n) is 19.8. The first-order chi connectivity index (χ1) is 17.0. The number of benzene rings is 2. The smallest absolute Gasteiger partial charge is 0.320 e. The van der Waals surface area contributed by atoms with Gasteiger partial charge in [-0.1, -0.05) is 42.5 Å². The number of para-hydroxylation sites is 1. The van der Waals surface area contributed by atoms with Crippen LogP contribution in [0.15, 0.2) is 67.0 Å². The molecule has 1 aliphatic rings. The summed E-state index contributed by atoms with van der Waals surface area (Å²) in [4.78, 5) is 21.9. The van der Waals surface area contributed by atoms with E-state index in [1.54, 1.807) is 17.1 Å². The van der Waals surface area contributed by atoms with Gasteiger partial charge in [-0.15, -0.1) is 0 Å². The van der Waals surface area contributed by atoms with Gasteiger partial charge in [0, 0.05) is 23.5 Å². The maximum atomic E-state index is 13.3. The van der Waals surface area contributed by atoms with Gasteiger partial charge >= 0.3 is 6.03 Å². The largest absolute Gasteiger partial charge is 0.391 e. The first-order valence-electron chi connectivity index (χ1n) is 11.8. The van der Waals surface area contributed by atoms with Crippen LogP contribution in [0.1, 0.15) is 41.4 Å². The van der Waals surface area contributed by atoms with Crippen molar-refractivity contribution >= 4 is 11.8 Å². The third-order valence-electron chi connectivity index (χ3n) is 6.42. The number of amides is 2. The number of anilines is 1. The number of nitrogens with zero attached hydrogens (tertiary/aromatic N) is 4. The molecule has 5 rings (SSSR count). The molecule has 8 nitrogen and oxygen atoms in total. The van der Waals surface area contributed by atoms with Crippen LogP contribution in [0, 0.1) is 13.8 Å². The number of hydrogen-bond donors (Lipinski definition) is 3. The molecule has 0 bridgehead atoms. The Hall–Kier alpha value is -4.04. The lowest BCUT2D eigenvalue weighted by Gasteiger charge is -2.24. The quantitative estimate of drug-likeness (QED) is 0.382. The van der Waals surface area contributed by atoms with Crippen LogP contribution in [0.25, 0.3) is 16.9 Å². The molecule has 0 saturated heterocycles. The van der Waals surface area contributed by atoms with E-state index < -0.39 is 18.2 Å². The molecule has 0 fully saturated rings. The van der Waals surface area contributed by atoms with Crippen LogP contribution in [0.4, 0.5) is 10.6 Å². The van der Waals surface area contributed by atoms with Gasteiger partial charge in [-0.05, 0) is 56.4 Å². The predicted octanol–water partition coefficient (Wildman–Crippen LogP) is 4.51. The fourth-order valence-electron chi connectivity index (χ4n) is 4.59. The number of hydrogen-bond acceptors (Lipinski definition) is 5. The van der Waals surface area contributed by atoms with Crippen LogP contribution in [-0.4, -0.2) is 37.0 Å². The standard InChI is InChI=1S/C27H28N6O2/c1-17-24(20-15-28-18(2)29-16-20)32-33(21-11-4-3-5-12-21)26(17)31-27(35)30-25-22-13-7-6-9-19(22)10-8-14-23(25)34/h3-7,9,11-13,15-16,23,25,34H,8,10,14H2,1-2H3,(H2,30,31,35)/t23-,25?/m1/s1. The Morgan fingerprint density at radius 1 is 1.03 bits per heavy atom. The highest BCUT2D eigenvalue weighted by atomic mass is 16.3. The summed E-state index contributed by atoms with van der Waals surface area (Å²) < 4.78 is 1.71. The fourth-order valence-corrected chi connectivity index (χ4v) is 4.59. The topological polar surface area (TPSA) is 105 Å². The molecule has 8 heteroatoms. The molecule has 0 spiro atoms. The normalized spacial score (nSPS) is 17.3. The summed E-state index contributed by atoms with van der Waals surface area (Å²) in [6, 6.07) is 16.7. The van der Waals surface area contributed by atoms with Crippen LogP contribution in [0.3, 0.4) is 0 Å². The molecule has 4 aromatic rings. The summed E-state index contributed by atoms with van der Waals surface area (Å²) in [6.07, 6.45) is 5.18. The summed E-state index contributed by atoms with van der Waals surface area (Å²) in [5, 5.41) is 21.6. The van der Waals surface area contributed by atoms with E-state index >= 15 is 0 Å². The lowest BCUT2D eigenvalue weighted by Crippen LogP contribution is -2.39. The van der Waals surface area contributed by atoms with Crippen LogP contribution in [0.5, 0.6) is 0 Å². The Kier molecular flexibility index (Phi) is 6.29. The number of aliphatic hydroxyl groups is 1. The second-order valence-electron chi connectivity index (χ2n) is 8.82. The Balaban J connectivity index is 1.48. The van der Waals surface area contributed by atoms with E-state index in [9.17, 15) is 9.90 Å². The number of urea groups is 1. The van der Waals surface area contributed by atoms with Gasteiger partial charge in [0.1, 0.15) is 17.3 Å². The number of fused-ring (bicyclic) bond motifs is 1. The van der Waals surface area contributed by atoms with Gasteiger partial charge in [-0.3, -0.25) is 5.32 Å². The van der Waals surface area contributed by atoms with Crippen LogP contribution < -0.4 is 10.6 Å². The molecule has 3 N–H and O–H groups in total. The number of aromatic nitrogens is 4. The Bertz CT molecular complexity index is 1330. The highest BCUT2D eigenvalue weighted by Gasteiger charge is 2.28. The number of rotatable bonds is 4. The summed E-state index contributed by atoms with van der Waals surface area (Å²) in [5.74, 6) is 1.22. The van der Waals surface area contributed by atoms with E-state index in [1.807, 2.05) is 62.4 Å². The van der Waals surface area contributed by atoms with E-state index in [4.69, 9.17) is 5.10 Å². The zero-order chi connectivity index (χ0) is 24.4. The second kappa shape index (κ2) is 9.68. The van der Waals surface area contributed by atoms with E-state index in [0.717, 1.165) is 40.8 Å². The molecule has 2 atom stereocenters. The van der Waals surface area contributed by atoms with Crippen LogP contribution in [0.2, 0.25) is 0 Å². The van der Waals surface area contributed by atoms with Gasteiger partial charge in [-0.2, -0.15) is 5.10 Å². The minimum absolute atomic E-state index is 0.405. The molecular formula is C27H28N6O2. The number of nitrogens with one attached hydrogen (secondary N) is 2. The molecule has 0 saturated carbocycles. The predicted molar refractivity (Wildman–Crippen MR) is 134 cm³/mol. The van der Waals surface area contributed by atoms with Crippen molar-refractivity contribution in [1.29, 1.82) is 0 Å². The Labute approximate surface area is 204 Å². The average molecular weight is 469 g/mol. The molecule has 1 unspecified atom stereocenters. The highest BCUT2D eigenvalue weighted by Crippen LogP contribution is 2.31. The molecule has 1 aliphatic carbocycles. The second-order valence-corrected chi connectivity index (χ2v) is 8.82. The molecule has 178 valence electrons. The third-order valence-corrected chi connectivity index (χ3v) is 6.42. The van der Waals surface area contributed by atoms with Crippen molar-refractivity contribution in [2.75, 3.05) is 5.32 Å². The number of aliphatic hydroxyl groups excluding tert-OH is 1. The SMILES string of the molecule is Cc1ncc(-c2nn(-c3ccccc3)c(NC(=O)NC3c4ccccc4CCC[C@H]3O)c2C)cn1. The summed E-state index contributed by atoms with van der Waals surface area (Å²) in [7, 11) is 0. The van der Waals surface area contributed by atoms with E-state index in [1.165, 1.54) is 0 Å². The average Bonchev–Trinajstić information content (AvgIpc) is 3.10.